The molecule has 344 valence electrons. The van der Waals surface area contributed by atoms with E-state index < -0.39 is 5.60 Å². The van der Waals surface area contributed by atoms with Gasteiger partial charge in [-0.1, -0.05) is 72.8 Å². The maximum Gasteiger partial charge on any atom is 0.410 e. The van der Waals surface area contributed by atoms with Crippen LogP contribution in [0.15, 0.2) is 109 Å². The first-order chi connectivity index (χ1) is 32.3. The van der Waals surface area contributed by atoms with Crippen LogP contribution in [0, 0.1) is 13.8 Å². The van der Waals surface area contributed by atoms with Crippen LogP contribution in [-0.2, 0) is 17.6 Å². The Bertz CT molecular complexity index is 2980. The molecule has 16 nitrogen and oxygen atoms in total. The van der Waals surface area contributed by atoms with E-state index in [-0.39, 0.29) is 12.1 Å². The summed E-state index contributed by atoms with van der Waals surface area (Å²) in [4.78, 5) is 38.1. The molecule has 6 heterocycles. The molecule has 7 N–H and O–H groups in total. The SMILES string of the molecule is Cc1[nH]nc2ccc(-c3cnc(N)c(N4CCN(C(=O)OC(C)(C)C)[C@@H](Cc5ccccc5)C4)n3)cc12.Cc1[nH]nc2ccc(-c3cnc(N)c(N4CCN[C@@H](Cc5ccccc5)C4)n3)cc12. The van der Waals surface area contributed by atoms with Crippen molar-refractivity contribution in [3.63, 3.8) is 0 Å². The number of amides is 1. The third kappa shape index (κ3) is 10.3. The zero-order valence-electron chi connectivity index (χ0n) is 38.7. The number of anilines is 4. The Hall–Kier alpha value is -7.59. The number of hydrogen-bond acceptors (Lipinski definition) is 13. The first kappa shape index (κ1) is 44.6. The van der Waals surface area contributed by atoms with Crippen LogP contribution in [0.2, 0.25) is 0 Å². The molecule has 2 saturated heterocycles. The van der Waals surface area contributed by atoms with Crippen molar-refractivity contribution < 1.29 is 9.53 Å². The van der Waals surface area contributed by atoms with E-state index in [2.05, 4.69) is 94.0 Å². The number of nitrogen functional groups attached to an aromatic ring is 2. The van der Waals surface area contributed by atoms with Gasteiger partial charge in [-0.2, -0.15) is 10.2 Å². The van der Waals surface area contributed by atoms with Crippen molar-refractivity contribution in [1.29, 1.82) is 0 Å². The average molecular weight is 899 g/mol. The molecule has 1 amide bonds. The van der Waals surface area contributed by atoms with Gasteiger partial charge in [-0.3, -0.25) is 10.2 Å². The summed E-state index contributed by atoms with van der Waals surface area (Å²) < 4.78 is 5.73. The van der Waals surface area contributed by atoms with Crippen LogP contribution in [0.4, 0.5) is 28.1 Å². The Labute approximate surface area is 390 Å². The van der Waals surface area contributed by atoms with Crippen LogP contribution in [0.1, 0.15) is 43.3 Å². The molecule has 4 aromatic carbocycles. The summed E-state index contributed by atoms with van der Waals surface area (Å²) in [6.07, 6.45) is 4.82. The predicted octanol–water partition coefficient (Wildman–Crippen LogP) is 7.51. The molecule has 0 unspecified atom stereocenters. The molecule has 2 fully saturated rings. The van der Waals surface area contributed by atoms with E-state index in [1.165, 1.54) is 5.56 Å². The minimum atomic E-state index is -0.565. The fourth-order valence-electron chi connectivity index (χ4n) is 8.84. The zero-order chi connectivity index (χ0) is 46.7. The normalized spacial score (nSPS) is 16.5. The summed E-state index contributed by atoms with van der Waals surface area (Å²) in [7, 11) is 0. The molecular weight excluding hydrogens is 841 g/mol. The number of nitrogens with one attached hydrogen (secondary N) is 3. The van der Waals surface area contributed by atoms with E-state index >= 15 is 0 Å². The number of fused-ring (bicyclic) bond motifs is 2. The van der Waals surface area contributed by atoms with Crippen molar-refractivity contribution in [2.45, 2.75) is 65.1 Å². The summed E-state index contributed by atoms with van der Waals surface area (Å²) in [5.41, 5.74) is 21.9. The molecule has 67 heavy (non-hydrogen) atoms. The van der Waals surface area contributed by atoms with Crippen molar-refractivity contribution in [2.75, 3.05) is 60.5 Å². The standard InChI is InChI=1S/C28H33N7O2.C23H25N7/c1-18-22-15-20(10-11-23(22)33-32-18)24-16-30-25(29)26(31-24)34-12-13-35(27(36)37-28(2,3)4)21(17-34)14-19-8-6-5-7-9-19;1-15-19-12-17(7-8-20(19)29-28-15)21-13-26-22(24)23(27-21)30-10-9-25-18(14-30)11-16-5-3-2-4-6-16/h5-11,15-16,21H,12-14,17H2,1-4H3,(H2,29,30)(H,32,33);2-8,12-13,18,25H,9-11,14H2,1H3,(H2,24,26)(H,28,29)/t21-;18-/m00/s1. The Morgan fingerprint density at radius 3 is 1.75 bits per heavy atom. The van der Waals surface area contributed by atoms with Gasteiger partial charge in [0, 0.05) is 78.6 Å². The fourth-order valence-corrected chi connectivity index (χ4v) is 8.84. The van der Waals surface area contributed by atoms with Gasteiger partial charge in [0.05, 0.1) is 40.9 Å². The van der Waals surface area contributed by atoms with Gasteiger partial charge in [0.15, 0.2) is 23.3 Å². The molecular formula is C51H58N14O2. The number of nitrogens with two attached hydrogens (primary N) is 2. The second-order valence-corrected chi connectivity index (χ2v) is 18.3. The molecule has 0 aliphatic carbocycles. The monoisotopic (exact) mass is 898 g/mol. The van der Waals surface area contributed by atoms with Crippen molar-refractivity contribution in [2.24, 2.45) is 0 Å². The molecule has 0 radical (unpaired) electrons. The smallest absolute Gasteiger partial charge is 0.410 e. The number of aromatic amines is 2. The molecule has 0 spiro atoms. The second-order valence-electron chi connectivity index (χ2n) is 18.3. The predicted molar refractivity (Wildman–Crippen MR) is 266 cm³/mol. The minimum Gasteiger partial charge on any atom is -0.444 e. The Balaban J connectivity index is 0.000000171. The molecule has 0 saturated carbocycles. The zero-order valence-corrected chi connectivity index (χ0v) is 38.7. The first-order valence-corrected chi connectivity index (χ1v) is 22.8. The Morgan fingerprint density at radius 2 is 1.21 bits per heavy atom. The molecule has 2 aliphatic rings. The van der Waals surface area contributed by atoms with E-state index in [9.17, 15) is 4.79 Å². The number of benzene rings is 4. The van der Waals surface area contributed by atoms with Gasteiger partial charge in [-0.05, 0) is 82.9 Å². The Kier molecular flexibility index (Phi) is 12.7. The lowest BCUT2D eigenvalue weighted by Crippen LogP contribution is -2.57. The van der Waals surface area contributed by atoms with Crippen molar-refractivity contribution in [1.82, 2.24) is 50.5 Å². The van der Waals surface area contributed by atoms with E-state index in [0.29, 0.717) is 49.6 Å². The third-order valence-electron chi connectivity index (χ3n) is 12.2. The number of aryl methyl sites for hydroxylation is 2. The van der Waals surface area contributed by atoms with E-state index in [1.54, 1.807) is 12.4 Å². The summed E-state index contributed by atoms with van der Waals surface area (Å²) in [6.45, 7) is 13.9. The number of rotatable bonds is 8. The van der Waals surface area contributed by atoms with Gasteiger partial charge in [0.2, 0.25) is 0 Å². The van der Waals surface area contributed by atoms with Crippen molar-refractivity contribution >= 4 is 51.2 Å². The van der Waals surface area contributed by atoms with Gasteiger partial charge in [0.25, 0.3) is 0 Å². The highest BCUT2D eigenvalue weighted by Crippen LogP contribution is 2.31. The van der Waals surface area contributed by atoms with Crippen LogP contribution < -0.4 is 26.6 Å². The van der Waals surface area contributed by atoms with Crippen LogP contribution in [0.5, 0.6) is 0 Å². The lowest BCUT2D eigenvalue weighted by Gasteiger charge is -2.42. The van der Waals surface area contributed by atoms with Crippen LogP contribution in [0.25, 0.3) is 44.3 Å². The van der Waals surface area contributed by atoms with Crippen LogP contribution in [-0.4, -0.2) is 108 Å². The number of carbonyl (C=O) groups is 1. The van der Waals surface area contributed by atoms with Gasteiger partial charge in [-0.15, -0.1) is 0 Å². The number of H-pyrrole nitrogens is 2. The van der Waals surface area contributed by atoms with E-state index in [4.69, 9.17) is 26.2 Å². The highest BCUT2D eigenvalue weighted by Gasteiger charge is 2.35. The fraction of sp³-hybridized carbons (Fsp3) is 0.314. The largest absolute Gasteiger partial charge is 0.444 e. The van der Waals surface area contributed by atoms with Crippen LogP contribution in [0.3, 0.4) is 0 Å². The minimum absolute atomic E-state index is 0.110. The number of hydrogen-bond donors (Lipinski definition) is 5. The summed E-state index contributed by atoms with van der Waals surface area (Å²) in [6, 6.07) is 33.1. The van der Waals surface area contributed by atoms with Crippen molar-refractivity contribution in [3.05, 3.63) is 132 Å². The number of ether oxygens (including phenoxy) is 1. The topological polar surface area (TPSA) is 209 Å². The summed E-state index contributed by atoms with van der Waals surface area (Å²) >= 11 is 0. The molecule has 4 aromatic heterocycles. The first-order valence-electron chi connectivity index (χ1n) is 22.8. The highest BCUT2D eigenvalue weighted by molar-refractivity contribution is 5.87. The molecule has 0 bridgehead atoms. The van der Waals surface area contributed by atoms with Gasteiger partial charge in [-0.25, -0.2) is 24.7 Å². The van der Waals surface area contributed by atoms with Gasteiger partial charge >= 0.3 is 6.09 Å². The number of carbonyl (C=O) groups excluding carboxylic acids is 1. The number of piperazine rings is 2. The molecule has 10 rings (SSSR count). The van der Waals surface area contributed by atoms with Crippen LogP contribution >= 0.6 is 0 Å². The molecule has 16 heteroatoms. The molecule has 2 aliphatic heterocycles. The molecule has 2 atom stereocenters. The third-order valence-corrected chi connectivity index (χ3v) is 12.2. The number of aromatic nitrogens is 8. The molecule has 8 aromatic rings. The van der Waals surface area contributed by atoms with Crippen molar-refractivity contribution in [3.8, 4) is 22.5 Å². The average Bonchev–Trinajstić information content (AvgIpc) is 3.90. The second kappa shape index (κ2) is 19.1. The lowest BCUT2D eigenvalue weighted by molar-refractivity contribution is 0.0140. The van der Waals surface area contributed by atoms with Gasteiger partial charge < -0.3 is 36.2 Å². The maximum absolute atomic E-state index is 13.1. The van der Waals surface area contributed by atoms with E-state index in [0.717, 1.165) is 93.1 Å². The van der Waals surface area contributed by atoms with Gasteiger partial charge in [0.1, 0.15) is 5.60 Å². The lowest BCUT2D eigenvalue weighted by atomic mass is 10.0. The highest BCUT2D eigenvalue weighted by atomic mass is 16.6. The quantitative estimate of drug-likeness (QED) is 0.100. The number of nitrogens with zero attached hydrogens (tertiary/aromatic N) is 9. The summed E-state index contributed by atoms with van der Waals surface area (Å²) in [5, 5.41) is 20.4. The summed E-state index contributed by atoms with van der Waals surface area (Å²) in [5.74, 6) is 2.23. The van der Waals surface area contributed by atoms with E-state index in [1.807, 2.05) is 88.0 Å². The Morgan fingerprint density at radius 1 is 0.687 bits per heavy atom. The maximum atomic E-state index is 13.1.